The Morgan fingerprint density at radius 3 is 1.67 bits per heavy atom. The lowest BCUT2D eigenvalue weighted by atomic mass is 10.1. The molecule has 4 heterocycles. The summed E-state index contributed by atoms with van der Waals surface area (Å²) in [5.41, 5.74) is 3.05. The topological polar surface area (TPSA) is 91.9 Å². The zero-order valence-electron chi connectivity index (χ0n) is 24.7. The summed E-state index contributed by atoms with van der Waals surface area (Å²) in [6, 6.07) is 28.0. The molecule has 7 aromatic rings. The van der Waals surface area contributed by atoms with Crippen LogP contribution in [0.4, 0.5) is 13.2 Å². The van der Waals surface area contributed by atoms with Crippen LogP contribution < -0.4 is 5.69 Å². The second-order valence-corrected chi connectivity index (χ2v) is 11.1. The molecule has 0 N–H and O–H groups in total. The first-order valence-corrected chi connectivity index (χ1v) is 14.5. The number of fused-ring (bicyclic) bond motifs is 1. The molecule has 0 bridgehead atoms. The highest BCUT2D eigenvalue weighted by Gasteiger charge is 2.37. The van der Waals surface area contributed by atoms with Crippen molar-refractivity contribution in [2.45, 2.75) is 33.1 Å². The largest absolute Gasteiger partial charge is 0.418 e. The van der Waals surface area contributed by atoms with Crippen molar-refractivity contribution in [3.8, 4) is 33.8 Å². The lowest BCUT2D eigenvalue weighted by Crippen LogP contribution is -2.25. The molecule has 0 radical (unpaired) electrons. The van der Waals surface area contributed by atoms with Crippen LogP contribution in [-0.4, -0.2) is 24.4 Å². The van der Waals surface area contributed by atoms with Crippen molar-refractivity contribution in [3.05, 3.63) is 136 Å². The molecular weight excluding hydrogens is 595 g/mol. The second-order valence-electron chi connectivity index (χ2n) is 11.1. The van der Waals surface area contributed by atoms with Crippen molar-refractivity contribution < 1.29 is 22.2 Å². The standard InChI is InChI=1S/C35H26F3N5O3/c1-21-8-12-24(13-9-21)30-16-26(45-40-30)19-42-32-28(35(36,37)38)18-29(23-6-4-3-5-7-23)39-33(32)43(34(42)44)20-27-17-31(41-46-27)25-14-10-22(2)11-15-25/h3-18H,19-20H2,1-2H3. The number of nitrogens with zero attached hydrogens (tertiary/aromatic N) is 5. The van der Waals surface area contributed by atoms with Crippen LogP contribution in [0.2, 0.25) is 0 Å². The lowest BCUT2D eigenvalue weighted by molar-refractivity contribution is -0.136. The summed E-state index contributed by atoms with van der Waals surface area (Å²) < 4.78 is 57.6. The molecule has 0 aliphatic carbocycles. The second kappa shape index (κ2) is 11.3. The third-order valence-corrected chi connectivity index (χ3v) is 7.78. The minimum atomic E-state index is -4.80. The molecule has 0 unspecified atom stereocenters. The molecule has 46 heavy (non-hydrogen) atoms. The molecule has 11 heteroatoms. The Balaban J connectivity index is 1.37. The molecule has 8 nitrogen and oxygen atoms in total. The Labute approximate surface area is 260 Å². The van der Waals surface area contributed by atoms with E-state index in [2.05, 4.69) is 15.3 Å². The third kappa shape index (κ3) is 5.51. The Hall–Kier alpha value is -5.71. The van der Waals surface area contributed by atoms with Crippen molar-refractivity contribution >= 4 is 11.2 Å². The molecule has 0 aliphatic rings. The van der Waals surface area contributed by atoms with E-state index < -0.39 is 17.4 Å². The molecule has 4 aromatic heterocycles. The molecule has 0 amide bonds. The van der Waals surface area contributed by atoms with E-state index in [0.29, 0.717) is 17.0 Å². The molecule has 0 atom stereocenters. The SMILES string of the molecule is Cc1ccc(-c2cc(Cn3c(=O)n(Cc4cc(-c5ccc(C)cc5)no4)c4c(C(F)(F)F)cc(-c5ccccc5)nc43)on2)cc1. The summed E-state index contributed by atoms with van der Waals surface area (Å²) in [7, 11) is 0. The molecule has 0 fully saturated rings. The maximum Gasteiger partial charge on any atom is 0.418 e. The van der Waals surface area contributed by atoms with Gasteiger partial charge in [0.2, 0.25) is 0 Å². The third-order valence-electron chi connectivity index (χ3n) is 7.78. The molecule has 0 saturated heterocycles. The fraction of sp³-hybridized carbons (Fsp3) is 0.143. The zero-order valence-corrected chi connectivity index (χ0v) is 24.7. The summed E-state index contributed by atoms with van der Waals surface area (Å²) in [4.78, 5) is 18.7. The number of rotatable bonds is 7. The summed E-state index contributed by atoms with van der Waals surface area (Å²) >= 11 is 0. The van der Waals surface area contributed by atoms with Crippen LogP contribution in [-0.2, 0) is 19.3 Å². The minimum Gasteiger partial charge on any atom is -0.359 e. The van der Waals surface area contributed by atoms with Gasteiger partial charge < -0.3 is 9.05 Å². The normalized spacial score (nSPS) is 11.8. The number of alkyl halides is 3. The highest BCUT2D eigenvalue weighted by atomic mass is 19.4. The molecule has 230 valence electrons. The van der Waals surface area contributed by atoms with Crippen molar-refractivity contribution in [1.29, 1.82) is 0 Å². The predicted octanol–water partition coefficient (Wildman–Crippen LogP) is 7.91. The molecule has 0 aliphatic heterocycles. The van der Waals surface area contributed by atoms with Crippen LogP contribution in [0.25, 0.3) is 44.9 Å². The number of imidazole rings is 1. The number of hydrogen-bond donors (Lipinski definition) is 0. The van der Waals surface area contributed by atoms with Gasteiger partial charge in [0.05, 0.1) is 24.3 Å². The van der Waals surface area contributed by atoms with Crippen LogP contribution in [0.3, 0.4) is 0 Å². The Bertz CT molecular complexity index is 2230. The van der Waals surface area contributed by atoms with E-state index in [-0.39, 0.29) is 41.5 Å². The van der Waals surface area contributed by atoms with Gasteiger partial charge >= 0.3 is 11.9 Å². The van der Waals surface area contributed by atoms with Gasteiger partial charge in [0, 0.05) is 28.8 Å². The fourth-order valence-corrected chi connectivity index (χ4v) is 5.38. The van der Waals surface area contributed by atoms with Gasteiger partial charge in [-0.15, -0.1) is 0 Å². The van der Waals surface area contributed by atoms with E-state index in [1.54, 1.807) is 42.5 Å². The van der Waals surface area contributed by atoms with Gasteiger partial charge in [-0.2, -0.15) is 13.2 Å². The average Bonchev–Trinajstić information content (AvgIpc) is 3.78. The smallest absolute Gasteiger partial charge is 0.359 e. The monoisotopic (exact) mass is 621 g/mol. The maximum absolute atomic E-state index is 14.8. The zero-order chi connectivity index (χ0) is 32.0. The first-order valence-electron chi connectivity index (χ1n) is 14.5. The summed E-state index contributed by atoms with van der Waals surface area (Å²) in [6.45, 7) is 3.42. The number of halogens is 3. The molecule has 0 saturated carbocycles. The predicted molar refractivity (Wildman–Crippen MR) is 166 cm³/mol. The minimum absolute atomic E-state index is 0.0746. The van der Waals surface area contributed by atoms with E-state index in [1.165, 1.54) is 4.57 Å². The number of aryl methyl sites for hydroxylation is 2. The van der Waals surface area contributed by atoms with Gasteiger partial charge in [-0.05, 0) is 19.9 Å². The summed E-state index contributed by atoms with van der Waals surface area (Å²) in [5, 5.41) is 8.23. The van der Waals surface area contributed by atoms with Crippen molar-refractivity contribution in [1.82, 2.24) is 24.4 Å². The molecule has 7 rings (SSSR count). The van der Waals surface area contributed by atoms with Crippen LogP contribution in [0.15, 0.2) is 111 Å². The Morgan fingerprint density at radius 1 is 0.652 bits per heavy atom. The van der Waals surface area contributed by atoms with E-state index in [4.69, 9.17) is 9.05 Å². The number of pyridine rings is 1. The van der Waals surface area contributed by atoms with Gasteiger partial charge in [0.1, 0.15) is 16.9 Å². The van der Waals surface area contributed by atoms with E-state index in [9.17, 15) is 18.0 Å². The van der Waals surface area contributed by atoms with Crippen molar-refractivity contribution in [2.24, 2.45) is 0 Å². The number of benzene rings is 3. The van der Waals surface area contributed by atoms with E-state index >= 15 is 0 Å². The van der Waals surface area contributed by atoms with Crippen LogP contribution >= 0.6 is 0 Å². The van der Waals surface area contributed by atoms with Gasteiger partial charge in [0.25, 0.3) is 0 Å². The highest BCUT2D eigenvalue weighted by molar-refractivity contribution is 5.81. The molecular formula is C35H26F3N5O3. The first kappa shape index (κ1) is 29.0. The van der Waals surface area contributed by atoms with Crippen molar-refractivity contribution in [3.63, 3.8) is 0 Å². The van der Waals surface area contributed by atoms with Gasteiger partial charge in [-0.25, -0.2) is 9.78 Å². The lowest BCUT2D eigenvalue weighted by Gasteiger charge is -2.12. The Kier molecular flexibility index (Phi) is 7.15. The van der Waals surface area contributed by atoms with Gasteiger partial charge in [-0.3, -0.25) is 9.13 Å². The number of aromatic nitrogens is 5. The Morgan fingerprint density at radius 2 is 1.15 bits per heavy atom. The summed E-state index contributed by atoms with van der Waals surface area (Å²) in [6.07, 6.45) is -4.80. The highest BCUT2D eigenvalue weighted by Crippen LogP contribution is 2.37. The van der Waals surface area contributed by atoms with Crippen LogP contribution in [0, 0.1) is 13.8 Å². The number of hydrogen-bond acceptors (Lipinski definition) is 6. The van der Waals surface area contributed by atoms with Gasteiger partial charge in [0.15, 0.2) is 17.2 Å². The first-order chi connectivity index (χ1) is 22.1. The van der Waals surface area contributed by atoms with Crippen molar-refractivity contribution in [2.75, 3.05) is 0 Å². The molecule has 0 spiro atoms. The van der Waals surface area contributed by atoms with Crippen LogP contribution in [0.1, 0.15) is 28.2 Å². The summed E-state index contributed by atoms with van der Waals surface area (Å²) in [5.74, 6) is 0.483. The quantitative estimate of drug-likeness (QED) is 0.180. The van der Waals surface area contributed by atoms with E-state index in [0.717, 1.165) is 32.9 Å². The fourth-order valence-electron chi connectivity index (χ4n) is 5.38. The molecule has 3 aromatic carbocycles. The van der Waals surface area contributed by atoms with Crippen LogP contribution in [0.5, 0.6) is 0 Å². The average molecular weight is 622 g/mol. The van der Waals surface area contributed by atoms with Gasteiger partial charge in [-0.1, -0.05) is 100 Å². The van der Waals surface area contributed by atoms with E-state index in [1.807, 2.05) is 62.4 Å². The maximum atomic E-state index is 14.8.